The van der Waals surface area contributed by atoms with Gasteiger partial charge in [-0.15, -0.1) is 0 Å². The first-order valence-corrected chi connectivity index (χ1v) is 5.67. The highest BCUT2D eigenvalue weighted by Gasteiger charge is 2.44. The first-order valence-electron chi connectivity index (χ1n) is 5.67. The molecule has 2 rings (SSSR count). The summed E-state index contributed by atoms with van der Waals surface area (Å²) in [7, 11) is 1.87. The first kappa shape index (κ1) is 9.97. The number of hydrogen-bond donors (Lipinski definition) is 1. The monoisotopic (exact) mass is 196 g/mol. The van der Waals surface area contributed by atoms with Crippen molar-refractivity contribution in [3.8, 4) is 0 Å². The van der Waals surface area contributed by atoms with Gasteiger partial charge in [0.05, 0.1) is 6.04 Å². The second-order valence-electron chi connectivity index (χ2n) is 4.74. The van der Waals surface area contributed by atoms with E-state index in [-0.39, 0.29) is 6.04 Å². The van der Waals surface area contributed by atoms with E-state index < -0.39 is 0 Å². The van der Waals surface area contributed by atoms with E-state index >= 15 is 0 Å². The van der Waals surface area contributed by atoms with Crippen molar-refractivity contribution in [2.45, 2.75) is 38.6 Å². The van der Waals surface area contributed by atoms with Crippen LogP contribution in [0.1, 0.15) is 32.6 Å². The fraction of sp³-hybridized carbons (Fsp3) is 0.909. The van der Waals surface area contributed by atoms with Crippen molar-refractivity contribution in [1.82, 2.24) is 10.2 Å². The van der Waals surface area contributed by atoms with Gasteiger partial charge in [0, 0.05) is 13.1 Å². The lowest BCUT2D eigenvalue weighted by Gasteiger charge is -2.22. The molecule has 1 aliphatic heterocycles. The molecule has 0 radical (unpaired) electrons. The van der Waals surface area contributed by atoms with Gasteiger partial charge in [-0.1, -0.05) is 6.92 Å². The molecule has 1 saturated heterocycles. The molecule has 80 valence electrons. The van der Waals surface area contributed by atoms with Crippen LogP contribution in [0.15, 0.2) is 0 Å². The van der Waals surface area contributed by atoms with Crippen LogP contribution in [0.3, 0.4) is 0 Å². The highest BCUT2D eigenvalue weighted by Crippen LogP contribution is 2.49. The molecule has 1 unspecified atom stereocenters. The lowest BCUT2D eigenvalue weighted by molar-refractivity contribution is -0.130. The molecule has 1 heterocycles. The molecule has 0 aromatic heterocycles. The van der Waals surface area contributed by atoms with E-state index in [1.54, 1.807) is 0 Å². The minimum absolute atomic E-state index is 0.0858. The number of carbonyl (C=O) groups excluding carboxylic acids is 1. The second-order valence-corrected chi connectivity index (χ2v) is 4.74. The van der Waals surface area contributed by atoms with Gasteiger partial charge in [-0.3, -0.25) is 4.79 Å². The summed E-state index contributed by atoms with van der Waals surface area (Å²) in [4.78, 5) is 13.9. The predicted molar refractivity (Wildman–Crippen MR) is 56.0 cm³/mol. The average Bonchev–Trinajstić information content (AvgIpc) is 2.89. The van der Waals surface area contributed by atoms with E-state index in [0.717, 1.165) is 19.5 Å². The van der Waals surface area contributed by atoms with Crippen molar-refractivity contribution in [1.29, 1.82) is 0 Å². The van der Waals surface area contributed by atoms with Crippen LogP contribution < -0.4 is 5.32 Å². The van der Waals surface area contributed by atoms with Gasteiger partial charge in [0.2, 0.25) is 5.91 Å². The smallest absolute Gasteiger partial charge is 0.239 e. The molecular formula is C11H20N2O. The number of carbonyl (C=O) groups is 1. The Balaban J connectivity index is 1.91. The van der Waals surface area contributed by atoms with Crippen LogP contribution in [0, 0.1) is 5.41 Å². The lowest BCUT2D eigenvalue weighted by Crippen LogP contribution is -2.38. The maximum Gasteiger partial charge on any atom is 0.239 e. The minimum Gasteiger partial charge on any atom is -0.341 e. The molecular weight excluding hydrogens is 176 g/mol. The number of amides is 1. The largest absolute Gasteiger partial charge is 0.341 e. The Kier molecular flexibility index (Phi) is 2.52. The van der Waals surface area contributed by atoms with Gasteiger partial charge < -0.3 is 10.2 Å². The van der Waals surface area contributed by atoms with E-state index in [1.165, 1.54) is 19.3 Å². The maximum absolute atomic E-state index is 11.8. The summed E-state index contributed by atoms with van der Waals surface area (Å²) in [6.07, 6.45) is 4.84. The molecule has 1 aliphatic carbocycles. The third kappa shape index (κ3) is 1.65. The van der Waals surface area contributed by atoms with Gasteiger partial charge in [0.25, 0.3) is 0 Å². The molecule has 1 amide bonds. The van der Waals surface area contributed by atoms with Crippen LogP contribution in [0.25, 0.3) is 0 Å². The molecule has 0 spiro atoms. The second kappa shape index (κ2) is 3.54. The van der Waals surface area contributed by atoms with Gasteiger partial charge in [-0.2, -0.15) is 0 Å². The zero-order valence-corrected chi connectivity index (χ0v) is 9.18. The average molecular weight is 196 g/mol. The topological polar surface area (TPSA) is 32.3 Å². The number of nitrogens with zero attached hydrogens (tertiary/aromatic N) is 1. The Hall–Kier alpha value is -0.570. The van der Waals surface area contributed by atoms with E-state index in [9.17, 15) is 4.79 Å². The van der Waals surface area contributed by atoms with Crippen LogP contribution >= 0.6 is 0 Å². The molecule has 1 saturated carbocycles. The van der Waals surface area contributed by atoms with Crippen molar-refractivity contribution in [3.05, 3.63) is 0 Å². The standard InChI is InChI=1S/C11H20N2O/c1-3-11(5-6-11)8-13-7-4-9(12-2)10(13)14/h9,12H,3-8H2,1-2H3. The Bertz CT molecular complexity index is 235. The molecule has 2 aliphatic rings. The molecule has 0 aromatic rings. The number of rotatable bonds is 4. The van der Waals surface area contributed by atoms with Crippen LogP contribution in [-0.2, 0) is 4.79 Å². The molecule has 1 atom stereocenters. The van der Waals surface area contributed by atoms with Crippen LogP contribution in [0.4, 0.5) is 0 Å². The summed E-state index contributed by atoms with van der Waals surface area (Å²) in [6.45, 7) is 4.19. The molecule has 14 heavy (non-hydrogen) atoms. The van der Waals surface area contributed by atoms with Crippen molar-refractivity contribution in [2.24, 2.45) is 5.41 Å². The Morgan fingerprint density at radius 3 is 2.71 bits per heavy atom. The van der Waals surface area contributed by atoms with Crippen LogP contribution in [0.5, 0.6) is 0 Å². The normalized spacial score (nSPS) is 29.7. The van der Waals surface area contributed by atoms with Gasteiger partial charge in [0.1, 0.15) is 0 Å². The van der Waals surface area contributed by atoms with Gasteiger partial charge >= 0.3 is 0 Å². The van der Waals surface area contributed by atoms with Gasteiger partial charge in [-0.05, 0) is 38.1 Å². The lowest BCUT2D eigenvalue weighted by atomic mass is 10.0. The summed E-state index contributed by atoms with van der Waals surface area (Å²) in [5.74, 6) is 0.312. The summed E-state index contributed by atoms with van der Waals surface area (Å²) in [5, 5.41) is 3.08. The van der Waals surface area contributed by atoms with Crippen LogP contribution in [-0.4, -0.2) is 37.0 Å². The zero-order chi connectivity index (χ0) is 10.2. The quantitative estimate of drug-likeness (QED) is 0.727. The Morgan fingerprint density at radius 1 is 1.57 bits per heavy atom. The predicted octanol–water partition coefficient (Wildman–Crippen LogP) is 0.997. The van der Waals surface area contributed by atoms with E-state index in [4.69, 9.17) is 0 Å². The number of hydrogen-bond acceptors (Lipinski definition) is 2. The van der Waals surface area contributed by atoms with E-state index in [1.807, 2.05) is 7.05 Å². The third-order valence-corrected chi connectivity index (χ3v) is 3.88. The SMILES string of the molecule is CCC1(CN2CCC(NC)C2=O)CC1. The van der Waals surface area contributed by atoms with Crippen molar-refractivity contribution in [2.75, 3.05) is 20.1 Å². The molecule has 0 bridgehead atoms. The first-order chi connectivity index (χ1) is 6.71. The summed E-state index contributed by atoms with van der Waals surface area (Å²) in [5.41, 5.74) is 0.498. The van der Waals surface area contributed by atoms with E-state index in [2.05, 4.69) is 17.1 Å². The Labute approximate surface area is 85.8 Å². The van der Waals surface area contributed by atoms with Crippen LogP contribution in [0.2, 0.25) is 0 Å². The molecule has 0 aromatic carbocycles. The number of likely N-dealkylation sites (N-methyl/N-ethyl adjacent to an activating group) is 1. The highest BCUT2D eigenvalue weighted by molar-refractivity contribution is 5.84. The summed E-state index contributed by atoms with van der Waals surface area (Å²) >= 11 is 0. The molecule has 2 fully saturated rings. The molecule has 1 N–H and O–H groups in total. The van der Waals surface area contributed by atoms with E-state index in [0.29, 0.717) is 11.3 Å². The molecule has 3 heteroatoms. The molecule has 3 nitrogen and oxygen atoms in total. The van der Waals surface area contributed by atoms with Crippen molar-refractivity contribution in [3.63, 3.8) is 0 Å². The third-order valence-electron chi connectivity index (χ3n) is 3.88. The highest BCUT2D eigenvalue weighted by atomic mass is 16.2. The fourth-order valence-corrected chi connectivity index (χ4v) is 2.37. The van der Waals surface area contributed by atoms with Crippen molar-refractivity contribution < 1.29 is 4.79 Å². The Morgan fingerprint density at radius 2 is 2.29 bits per heavy atom. The van der Waals surface area contributed by atoms with Gasteiger partial charge in [-0.25, -0.2) is 0 Å². The number of nitrogens with one attached hydrogen (secondary N) is 1. The number of likely N-dealkylation sites (tertiary alicyclic amines) is 1. The van der Waals surface area contributed by atoms with Crippen molar-refractivity contribution >= 4 is 5.91 Å². The van der Waals surface area contributed by atoms with Gasteiger partial charge in [0.15, 0.2) is 0 Å². The summed E-state index contributed by atoms with van der Waals surface area (Å²) in [6, 6.07) is 0.0858. The maximum atomic E-state index is 11.8. The minimum atomic E-state index is 0.0858. The fourth-order valence-electron chi connectivity index (χ4n) is 2.37. The zero-order valence-electron chi connectivity index (χ0n) is 9.18. The summed E-state index contributed by atoms with van der Waals surface area (Å²) < 4.78 is 0.